The summed E-state index contributed by atoms with van der Waals surface area (Å²) in [5.41, 5.74) is -1.42. The molecule has 1 aromatic rings. The largest absolute Gasteiger partial charge is 0.493 e. The molecule has 1 aromatic carbocycles. The van der Waals surface area contributed by atoms with Gasteiger partial charge in [0.25, 0.3) is 0 Å². The Morgan fingerprint density at radius 1 is 1.22 bits per heavy atom. The molecule has 128 valence electrons. The van der Waals surface area contributed by atoms with E-state index >= 15 is 0 Å². The number of hydrogen-bond donors (Lipinski definition) is 2. The number of anilines is 1. The number of methoxy groups -OCH3 is 1. The van der Waals surface area contributed by atoms with E-state index < -0.39 is 35.6 Å². The van der Waals surface area contributed by atoms with Gasteiger partial charge in [-0.05, 0) is 20.8 Å². The summed E-state index contributed by atoms with van der Waals surface area (Å²) in [7, 11) is 1.19. The van der Waals surface area contributed by atoms with Crippen molar-refractivity contribution < 1.29 is 37.7 Å². The van der Waals surface area contributed by atoms with Crippen molar-refractivity contribution in [2.24, 2.45) is 0 Å². The van der Waals surface area contributed by atoms with Gasteiger partial charge in [0, 0.05) is 12.1 Å². The van der Waals surface area contributed by atoms with Gasteiger partial charge in [0.05, 0.1) is 18.4 Å². The van der Waals surface area contributed by atoms with Gasteiger partial charge < -0.3 is 19.3 Å². The minimum atomic E-state index is -3.16. The van der Waals surface area contributed by atoms with E-state index in [0.717, 1.165) is 12.1 Å². The van der Waals surface area contributed by atoms with E-state index in [2.05, 4.69) is 10.1 Å². The standard InChI is InChI=1S/C14H17F2NO6/c1-14(2,3)23-13(20)17-8-6-9(21-4)10(22-12(15)16)5-7(8)11(18)19/h5-6,12H,1-4H3,(H,17,20)(H,18,19). The maximum atomic E-state index is 12.4. The number of carboxylic acid groups (broad SMARTS) is 1. The van der Waals surface area contributed by atoms with Crippen LogP contribution in [0.4, 0.5) is 19.3 Å². The lowest BCUT2D eigenvalue weighted by atomic mass is 10.1. The summed E-state index contributed by atoms with van der Waals surface area (Å²) < 4.78 is 38.8. The lowest BCUT2D eigenvalue weighted by molar-refractivity contribution is -0.0512. The molecule has 7 nitrogen and oxygen atoms in total. The minimum Gasteiger partial charge on any atom is -0.493 e. The Morgan fingerprint density at radius 3 is 2.26 bits per heavy atom. The molecule has 0 atom stereocenters. The number of alkyl halides is 2. The van der Waals surface area contributed by atoms with Crippen LogP contribution in [0.1, 0.15) is 31.1 Å². The molecule has 0 fully saturated rings. The zero-order valence-electron chi connectivity index (χ0n) is 13.0. The van der Waals surface area contributed by atoms with Gasteiger partial charge in [-0.15, -0.1) is 0 Å². The fourth-order valence-corrected chi connectivity index (χ4v) is 1.60. The van der Waals surface area contributed by atoms with Crippen LogP contribution >= 0.6 is 0 Å². The highest BCUT2D eigenvalue weighted by atomic mass is 19.3. The van der Waals surface area contributed by atoms with E-state index in [0.29, 0.717) is 0 Å². The lowest BCUT2D eigenvalue weighted by Crippen LogP contribution is -2.27. The molecule has 0 spiro atoms. The van der Waals surface area contributed by atoms with Crippen LogP contribution in [0.15, 0.2) is 12.1 Å². The third-order valence-corrected chi connectivity index (χ3v) is 2.39. The maximum absolute atomic E-state index is 12.4. The highest BCUT2D eigenvalue weighted by Crippen LogP contribution is 2.34. The molecule has 0 aliphatic carbocycles. The van der Waals surface area contributed by atoms with Crippen molar-refractivity contribution >= 4 is 17.7 Å². The Labute approximate surface area is 131 Å². The highest BCUT2D eigenvalue weighted by molar-refractivity contribution is 5.99. The van der Waals surface area contributed by atoms with Crippen LogP contribution in [0.5, 0.6) is 11.5 Å². The number of amides is 1. The van der Waals surface area contributed by atoms with Gasteiger partial charge in [-0.2, -0.15) is 8.78 Å². The van der Waals surface area contributed by atoms with Crippen LogP contribution in [0.25, 0.3) is 0 Å². The van der Waals surface area contributed by atoms with Crippen molar-refractivity contribution in [2.75, 3.05) is 12.4 Å². The number of carbonyl (C=O) groups is 2. The van der Waals surface area contributed by atoms with Crippen LogP contribution in [0, 0.1) is 0 Å². The van der Waals surface area contributed by atoms with E-state index in [9.17, 15) is 18.4 Å². The van der Waals surface area contributed by atoms with Gasteiger partial charge in [-0.1, -0.05) is 0 Å². The topological polar surface area (TPSA) is 94.1 Å². The first kappa shape index (κ1) is 18.5. The van der Waals surface area contributed by atoms with E-state index in [4.69, 9.17) is 14.6 Å². The summed E-state index contributed by atoms with van der Waals surface area (Å²) in [5.74, 6) is -2.08. The van der Waals surface area contributed by atoms with Crippen LogP contribution in [-0.4, -0.2) is 36.5 Å². The summed E-state index contributed by atoms with van der Waals surface area (Å²) in [5, 5.41) is 11.4. The van der Waals surface area contributed by atoms with Gasteiger partial charge in [0.2, 0.25) is 0 Å². The molecule has 0 unspecified atom stereocenters. The smallest absolute Gasteiger partial charge is 0.412 e. The number of ether oxygens (including phenoxy) is 3. The first-order chi connectivity index (χ1) is 10.5. The zero-order chi connectivity index (χ0) is 17.8. The first-order valence-electron chi connectivity index (χ1n) is 6.43. The molecule has 1 rings (SSSR count). The van der Waals surface area contributed by atoms with Gasteiger partial charge in [-0.3, -0.25) is 5.32 Å². The van der Waals surface area contributed by atoms with E-state index in [-0.39, 0.29) is 11.4 Å². The molecule has 23 heavy (non-hydrogen) atoms. The Kier molecular flexibility index (Phi) is 5.72. The van der Waals surface area contributed by atoms with Crippen LogP contribution in [0.2, 0.25) is 0 Å². The third-order valence-electron chi connectivity index (χ3n) is 2.39. The van der Waals surface area contributed by atoms with Crippen molar-refractivity contribution in [1.82, 2.24) is 0 Å². The molecule has 1 amide bonds. The Bertz CT molecular complexity index is 598. The van der Waals surface area contributed by atoms with Gasteiger partial charge in [0.15, 0.2) is 11.5 Å². The van der Waals surface area contributed by atoms with Gasteiger partial charge in [0.1, 0.15) is 5.60 Å². The number of aromatic carboxylic acids is 1. The van der Waals surface area contributed by atoms with E-state index in [1.165, 1.54) is 7.11 Å². The van der Waals surface area contributed by atoms with Gasteiger partial charge >= 0.3 is 18.7 Å². The normalized spacial score (nSPS) is 11.1. The molecule has 0 radical (unpaired) electrons. The number of carboxylic acids is 1. The van der Waals surface area contributed by atoms with Crippen LogP contribution < -0.4 is 14.8 Å². The summed E-state index contributed by atoms with van der Waals surface area (Å²) >= 11 is 0. The molecule has 0 aliphatic rings. The van der Waals surface area contributed by atoms with Crippen molar-refractivity contribution in [2.45, 2.75) is 33.0 Å². The second-order valence-electron chi connectivity index (χ2n) is 5.36. The predicted octanol–water partition coefficient (Wildman–Crippen LogP) is 3.34. The Balaban J connectivity index is 3.20. The molecule has 0 heterocycles. The lowest BCUT2D eigenvalue weighted by Gasteiger charge is -2.20. The molecular formula is C14H17F2NO6. The Hall–Kier alpha value is -2.58. The van der Waals surface area contributed by atoms with Crippen molar-refractivity contribution in [3.05, 3.63) is 17.7 Å². The number of carbonyl (C=O) groups excluding carboxylic acids is 1. The van der Waals surface area contributed by atoms with Crippen LogP contribution in [-0.2, 0) is 4.74 Å². The zero-order valence-corrected chi connectivity index (χ0v) is 13.0. The fraction of sp³-hybridized carbons (Fsp3) is 0.429. The summed E-state index contributed by atoms with van der Waals surface area (Å²) in [6.45, 7) is 1.73. The quantitative estimate of drug-likeness (QED) is 0.858. The average Bonchev–Trinajstić information content (AvgIpc) is 2.36. The van der Waals surface area contributed by atoms with Crippen molar-refractivity contribution in [1.29, 1.82) is 0 Å². The van der Waals surface area contributed by atoms with Crippen LogP contribution in [0.3, 0.4) is 0 Å². The average molecular weight is 333 g/mol. The summed E-state index contributed by atoms with van der Waals surface area (Å²) in [6, 6.07) is 1.89. The first-order valence-corrected chi connectivity index (χ1v) is 6.43. The molecular weight excluding hydrogens is 316 g/mol. The van der Waals surface area contributed by atoms with E-state index in [1.54, 1.807) is 20.8 Å². The number of benzene rings is 1. The monoisotopic (exact) mass is 333 g/mol. The predicted molar refractivity (Wildman–Crippen MR) is 76.4 cm³/mol. The highest BCUT2D eigenvalue weighted by Gasteiger charge is 2.22. The summed E-state index contributed by atoms with van der Waals surface area (Å²) in [4.78, 5) is 23.0. The third kappa shape index (κ3) is 5.61. The van der Waals surface area contributed by atoms with Gasteiger partial charge in [-0.25, -0.2) is 9.59 Å². The maximum Gasteiger partial charge on any atom is 0.412 e. The van der Waals surface area contributed by atoms with E-state index in [1.807, 2.05) is 0 Å². The fourth-order valence-electron chi connectivity index (χ4n) is 1.60. The molecule has 0 aromatic heterocycles. The molecule has 9 heteroatoms. The summed E-state index contributed by atoms with van der Waals surface area (Å²) in [6.07, 6.45) is -0.899. The number of halogens is 2. The second-order valence-corrected chi connectivity index (χ2v) is 5.36. The molecule has 2 N–H and O–H groups in total. The van der Waals surface area contributed by atoms with Crippen molar-refractivity contribution in [3.63, 3.8) is 0 Å². The molecule has 0 aliphatic heterocycles. The SMILES string of the molecule is COc1cc(NC(=O)OC(C)(C)C)c(C(=O)O)cc1OC(F)F. The van der Waals surface area contributed by atoms with Crippen molar-refractivity contribution in [3.8, 4) is 11.5 Å². The minimum absolute atomic E-state index is 0.165. The molecule has 0 bridgehead atoms. The number of nitrogens with one attached hydrogen (secondary N) is 1. The Morgan fingerprint density at radius 2 is 1.83 bits per heavy atom. The molecule has 0 saturated carbocycles. The molecule has 0 saturated heterocycles. The number of rotatable bonds is 5. The number of hydrogen-bond acceptors (Lipinski definition) is 5. The second kappa shape index (κ2) is 7.12.